The molecule has 0 N–H and O–H groups in total. The van der Waals surface area contributed by atoms with E-state index >= 15 is 0 Å². The Kier molecular flexibility index (Phi) is 4.63. The highest BCUT2D eigenvalue weighted by Crippen LogP contribution is 2.20. The highest BCUT2D eigenvalue weighted by molar-refractivity contribution is 7.99. The van der Waals surface area contributed by atoms with E-state index in [0.717, 1.165) is 17.7 Å². The summed E-state index contributed by atoms with van der Waals surface area (Å²) in [5, 5.41) is 0. The van der Waals surface area contributed by atoms with Gasteiger partial charge in [0.15, 0.2) is 5.78 Å². The van der Waals surface area contributed by atoms with Crippen LogP contribution in [0.15, 0.2) is 41.3 Å². The zero-order chi connectivity index (χ0) is 11.3. The van der Waals surface area contributed by atoms with Crippen LogP contribution in [0.4, 0.5) is 0 Å². The molecule has 0 aliphatic rings. The van der Waals surface area contributed by atoms with Crippen molar-refractivity contribution in [2.24, 2.45) is 0 Å². The van der Waals surface area contributed by atoms with E-state index in [-0.39, 0.29) is 5.78 Å². The molecule has 0 atom stereocenters. The van der Waals surface area contributed by atoms with E-state index < -0.39 is 0 Å². The van der Waals surface area contributed by atoms with Gasteiger partial charge in [-0.3, -0.25) is 4.79 Å². The van der Waals surface area contributed by atoms with Crippen LogP contribution >= 0.6 is 11.8 Å². The van der Waals surface area contributed by atoms with Crippen LogP contribution in [0.1, 0.15) is 30.6 Å². The molecule has 1 nitrogen and oxygen atoms in total. The van der Waals surface area contributed by atoms with Crippen molar-refractivity contribution in [3.63, 3.8) is 0 Å². The van der Waals surface area contributed by atoms with Crippen molar-refractivity contribution in [2.75, 3.05) is 5.75 Å². The summed E-state index contributed by atoms with van der Waals surface area (Å²) < 4.78 is 0. The molecule has 2 heteroatoms. The van der Waals surface area contributed by atoms with Gasteiger partial charge in [-0.25, -0.2) is 0 Å². The Morgan fingerprint density at radius 3 is 2.33 bits per heavy atom. The maximum atomic E-state index is 11.0. The second-order valence-electron chi connectivity index (χ2n) is 3.64. The predicted octanol–water partition coefficient (Wildman–Crippen LogP) is 3.95. The first kappa shape index (κ1) is 12.1. The van der Waals surface area contributed by atoms with Crippen LogP contribution in [0.5, 0.6) is 0 Å². The van der Waals surface area contributed by atoms with Gasteiger partial charge >= 0.3 is 0 Å². The van der Waals surface area contributed by atoms with Crippen LogP contribution in [0.2, 0.25) is 0 Å². The summed E-state index contributed by atoms with van der Waals surface area (Å²) in [5.74, 6) is 1.17. The van der Waals surface area contributed by atoms with Crippen LogP contribution in [0.3, 0.4) is 0 Å². The molecule has 0 spiro atoms. The number of carbonyl (C=O) groups excluding carboxylic acids is 1. The van der Waals surface area contributed by atoms with Crippen molar-refractivity contribution in [1.29, 1.82) is 0 Å². The minimum atomic E-state index is 0.119. The Labute approximate surface area is 95.6 Å². The zero-order valence-corrected chi connectivity index (χ0v) is 10.1. The third kappa shape index (κ3) is 4.34. The Balaban J connectivity index is 2.50. The molecule has 1 aromatic rings. The quantitative estimate of drug-likeness (QED) is 0.424. The Morgan fingerprint density at radius 1 is 1.27 bits per heavy atom. The highest BCUT2D eigenvalue weighted by atomic mass is 32.2. The number of rotatable bonds is 5. The van der Waals surface area contributed by atoms with E-state index in [1.807, 2.05) is 31.2 Å². The van der Waals surface area contributed by atoms with E-state index in [1.165, 1.54) is 10.5 Å². The molecule has 0 unspecified atom stereocenters. The molecule has 0 bridgehead atoms. The fourth-order valence-corrected chi connectivity index (χ4v) is 2.14. The highest BCUT2D eigenvalue weighted by Gasteiger charge is 1.99. The van der Waals surface area contributed by atoms with Crippen molar-refractivity contribution in [3.8, 4) is 0 Å². The van der Waals surface area contributed by atoms with Gasteiger partial charge in [0, 0.05) is 16.2 Å². The maximum absolute atomic E-state index is 11.0. The van der Waals surface area contributed by atoms with Crippen molar-refractivity contribution in [2.45, 2.75) is 25.2 Å². The summed E-state index contributed by atoms with van der Waals surface area (Å²) in [5.41, 5.74) is 1.99. The monoisotopic (exact) mass is 220 g/mol. The third-order valence-electron chi connectivity index (χ3n) is 2.06. The fraction of sp³-hybridized carbons (Fsp3) is 0.308. The standard InChI is InChI=1S/C13H16OS/c1-10(2)8-9-15-13-6-4-12(5-7-13)11(3)14/h4-7H,1,8-9H2,2-3H3. The Hall–Kier alpha value is -1.02. The fourth-order valence-electron chi connectivity index (χ4n) is 1.13. The Morgan fingerprint density at radius 2 is 1.87 bits per heavy atom. The van der Waals surface area contributed by atoms with Gasteiger partial charge in [-0.15, -0.1) is 18.3 Å². The summed E-state index contributed by atoms with van der Waals surface area (Å²) in [6.45, 7) is 7.49. The topological polar surface area (TPSA) is 17.1 Å². The SMILES string of the molecule is C=C(C)CCSc1ccc(C(C)=O)cc1. The van der Waals surface area contributed by atoms with Crippen LogP contribution < -0.4 is 0 Å². The van der Waals surface area contributed by atoms with Gasteiger partial charge in [0.05, 0.1) is 0 Å². The summed E-state index contributed by atoms with van der Waals surface area (Å²) in [7, 11) is 0. The Bertz CT molecular complexity index is 351. The summed E-state index contributed by atoms with van der Waals surface area (Å²) in [6.07, 6.45) is 1.04. The number of benzene rings is 1. The van der Waals surface area contributed by atoms with Gasteiger partial charge in [-0.05, 0) is 32.4 Å². The van der Waals surface area contributed by atoms with Gasteiger partial charge in [0.2, 0.25) is 0 Å². The number of hydrogen-bond acceptors (Lipinski definition) is 2. The average Bonchev–Trinajstić information content (AvgIpc) is 2.18. The molecule has 0 aliphatic heterocycles. The minimum absolute atomic E-state index is 0.119. The summed E-state index contributed by atoms with van der Waals surface area (Å²) in [6, 6.07) is 7.76. The number of allylic oxidation sites excluding steroid dienone is 1. The zero-order valence-electron chi connectivity index (χ0n) is 9.25. The lowest BCUT2D eigenvalue weighted by Crippen LogP contribution is -1.90. The molecule has 15 heavy (non-hydrogen) atoms. The second kappa shape index (κ2) is 5.76. The maximum Gasteiger partial charge on any atom is 0.159 e. The lowest BCUT2D eigenvalue weighted by Gasteiger charge is -2.02. The molecule has 0 fully saturated rings. The first-order valence-electron chi connectivity index (χ1n) is 4.98. The molecule has 0 heterocycles. The molecule has 0 saturated carbocycles. The van der Waals surface area contributed by atoms with Gasteiger partial charge in [0.25, 0.3) is 0 Å². The van der Waals surface area contributed by atoms with Crippen LogP contribution in [0, 0.1) is 0 Å². The predicted molar refractivity (Wildman–Crippen MR) is 66.6 cm³/mol. The summed E-state index contributed by atoms with van der Waals surface area (Å²) in [4.78, 5) is 12.3. The first-order valence-corrected chi connectivity index (χ1v) is 5.96. The molecule has 0 amide bonds. The van der Waals surface area contributed by atoms with E-state index in [0.29, 0.717) is 0 Å². The molecule has 0 radical (unpaired) electrons. The number of Topliss-reactive ketones (excluding diaryl/α,β-unsaturated/α-hetero) is 1. The van der Waals surface area contributed by atoms with E-state index in [9.17, 15) is 4.79 Å². The van der Waals surface area contributed by atoms with Crippen molar-refractivity contribution in [1.82, 2.24) is 0 Å². The number of ketones is 1. The van der Waals surface area contributed by atoms with Gasteiger partial charge in [0.1, 0.15) is 0 Å². The number of carbonyl (C=O) groups is 1. The van der Waals surface area contributed by atoms with Gasteiger partial charge < -0.3 is 0 Å². The summed E-state index contributed by atoms with van der Waals surface area (Å²) >= 11 is 1.80. The molecule has 1 rings (SSSR count). The van der Waals surface area contributed by atoms with Crippen LogP contribution in [-0.4, -0.2) is 11.5 Å². The number of thioether (sulfide) groups is 1. The molecule has 80 valence electrons. The molecule has 0 aromatic heterocycles. The lowest BCUT2D eigenvalue weighted by molar-refractivity contribution is 0.101. The number of hydrogen-bond donors (Lipinski definition) is 0. The van der Waals surface area contributed by atoms with E-state index in [1.54, 1.807) is 18.7 Å². The van der Waals surface area contributed by atoms with Gasteiger partial charge in [-0.2, -0.15) is 0 Å². The molecular weight excluding hydrogens is 204 g/mol. The van der Waals surface area contributed by atoms with E-state index in [4.69, 9.17) is 0 Å². The normalized spacial score (nSPS) is 10.0. The molecule has 1 aromatic carbocycles. The lowest BCUT2D eigenvalue weighted by atomic mass is 10.2. The third-order valence-corrected chi connectivity index (χ3v) is 3.07. The minimum Gasteiger partial charge on any atom is -0.295 e. The average molecular weight is 220 g/mol. The largest absolute Gasteiger partial charge is 0.295 e. The van der Waals surface area contributed by atoms with Crippen molar-refractivity contribution >= 4 is 17.5 Å². The van der Waals surface area contributed by atoms with Crippen molar-refractivity contribution < 1.29 is 4.79 Å². The second-order valence-corrected chi connectivity index (χ2v) is 4.80. The van der Waals surface area contributed by atoms with Crippen LogP contribution in [-0.2, 0) is 0 Å². The van der Waals surface area contributed by atoms with Crippen LogP contribution in [0.25, 0.3) is 0 Å². The molecule has 0 saturated heterocycles. The van der Waals surface area contributed by atoms with Crippen molar-refractivity contribution in [3.05, 3.63) is 42.0 Å². The molecular formula is C13H16OS. The first-order chi connectivity index (χ1) is 7.09. The van der Waals surface area contributed by atoms with E-state index in [2.05, 4.69) is 6.58 Å². The smallest absolute Gasteiger partial charge is 0.159 e. The van der Waals surface area contributed by atoms with Gasteiger partial charge in [-0.1, -0.05) is 17.7 Å². The molecule has 0 aliphatic carbocycles.